The van der Waals surface area contributed by atoms with Gasteiger partial charge < -0.3 is 5.11 Å². The van der Waals surface area contributed by atoms with Crippen LogP contribution in [0.15, 0.2) is 41.3 Å². The molecule has 0 heterocycles. The molecule has 0 unspecified atom stereocenters. The van der Waals surface area contributed by atoms with E-state index in [9.17, 15) is 13.5 Å². The first-order valence-corrected chi connectivity index (χ1v) is 8.37. The fourth-order valence-electron chi connectivity index (χ4n) is 1.73. The van der Waals surface area contributed by atoms with Crippen molar-refractivity contribution in [3.63, 3.8) is 0 Å². The molecule has 0 aliphatic heterocycles. The second-order valence-corrected chi connectivity index (χ2v) is 6.88. The topological polar surface area (TPSA) is 66.4 Å². The number of hydrogen-bond acceptors (Lipinski definition) is 3. The second kappa shape index (κ2) is 6.13. The van der Waals surface area contributed by atoms with Gasteiger partial charge in [0.15, 0.2) is 0 Å². The van der Waals surface area contributed by atoms with Crippen LogP contribution in [-0.2, 0) is 16.4 Å². The molecule has 112 valence electrons. The summed E-state index contributed by atoms with van der Waals surface area (Å²) < 4.78 is 26.9. The maximum absolute atomic E-state index is 12.3. The lowest BCUT2D eigenvalue weighted by molar-refractivity contribution is 0.477. The summed E-state index contributed by atoms with van der Waals surface area (Å²) >= 11 is 11.6. The van der Waals surface area contributed by atoms with E-state index >= 15 is 0 Å². The van der Waals surface area contributed by atoms with Gasteiger partial charge in [0.25, 0.3) is 10.0 Å². The van der Waals surface area contributed by atoms with Crippen molar-refractivity contribution in [1.29, 1.82) is 0 Å². The Kier molecular flexibility index (Phi) is 4.66. The predicted octanol–water partition coefficient (Wildman–Crippen LogP) is 4.06. The van der Waals surface area contributed by atoms with Crippen molar-refractivity contribution >= 4 is 38.9 Å². The maximum atomic E-state index is 12.3. The Morgan fingerprint density at radius 3 is 2.43 bits per heavy atom. The molecule has 0 aromatic heterocycles. The highest BCUT2D eigenvalue weighted by atomic mass is 35.5. The van der Waals surface area contributed by atoms with Crippen molar-refractivity contribution in [2.75, 3.05) is 4.72 Å². The molecular weight excluding hydrogens is 333 g/mol. The Labute approximate surface area is 133 Å². The van der Waals surface area contributed by atoms with Crippen LogP contribution in [0.1, 0.15) is 12.5 Å². The van der Waals surface area contributed by atoms with Gasteiger partial charge in [-0.1, -0.05) is 36.2 Å². The Balaban J connectivity index is 2.39. The number of anilines is 1. The summed E-state index contributed by atoms with van der Waals surface area (Å²) in [5.41, 5.74) is 1.03. The number of sulfonamides is 1. The lowest BCUT2D eigenvalue weighted by Crippen LogP contribution is -2.13. The van der Waals surface area contributed by atoms with Crippen LogP contribution in [0.3, 0.4) is 0 Å². The van der Waals surface area contributed by atoms with E-state index in [-0.39, 0.29) is 26.4 Å². The van der Waals surface area contributed by atoms with Gasteiger partial charge in [0.1, 0.15) is 5.75 Å². The summed E-state index contributed by atoms with van der Waals surface area (Å²) in [6.45, 7) is 1.93. The largest absolute Gasteiger partial charge is 0.506 e. The smallest absolute Gasteiger partial charge is 0.262 e. The second-order valence-electron chi connectivity index (χ2n) is 4.39. The van der Waals surface area contributed by atoms with Crippen molar-refractivity contribution < 1.29 is 13.5 Å². The van der Waals surface area contributed by atoms with Gasteiger partial charge in [-0.3, -0.25) is 4.72 Å². The molecule has 4 nitrogen and oxygen atoms in total. The molecule has 0 radical (unpaired) electrons. The van der Waals surface area contributed by atoms with Gasteiger partial charge in [0, 0.05) is 0 Å². The first kappa shape index (κ1) is 15.9. The minimum atomic E-state index is -3.85. The number of halogens is 2. The van der Waals surface area contributed by atoms with Gasteiger partial charge in [-0.25, -0.2) is 8.42 Å². The van der Waals surface area contributed by atoms with Crippen molar-refractivity contribution in [1.82, 2.24) is 0 Å². The fourth-order valence-corrected chi connectivity index (χ4v) is 3.19. The zero-order chi connectivity index (χ0) is 15.6. The zero-order valence-corrected chi connectivity index (χ0v) is 13.4. The zero-order valence-electron chi connectivity index (χ0n) is 11.1. The van der Waals surface area contributed by atoms with Crippen LogP contribution in [0.4, 0.5) is 5.69 Å². The van der Waals surface area contributed by atoms with E-state index in [4.69, 9.17) is 23.2 Å². The molecule has 0 atom stereocenters. The first-order valence-electron chi connectivity index (χ1n) is 6.13. The summed E-state index contributed by atoms with van der Waals surface area (Å²) in [4.78, 5) is -0.0294. The van der Waals surface area contributed by atoms with Crippen molar-refractivity contribution in [2.24, 2.45) is 0 Å². The number of phenolic OH excluding ortho intramolecular Hbond substituents is 1. The molecule has 0 fully saturated rings. The molecular formula is C14H13Cl2NO3S. The Morgan fingerprint density at radius 1 is 1.10 bits per heavy atom. The van der Waals surface area contributed by atoms with Crippen LogP contribution in [0.25, 0.3) is 0 Å². The summed E-state index contributed by atoms with van der Waals surface area (Å²) in [6.07, 6.45) is 0.724. The third-order valence-corrected chi connectivity index (χ3v) is 5.02. The molecule has 2 aromatic rings. The van der Waals surface area contributed by atoms with Crippen LogP contribution in [0, 0.1) is 0 Å². The van der Waals surface area contributed by atoms with E-state index in [1.807, 2.05) is 6.92 Å². The average Bonchev–Trinajstić information content (AvgIpc) is 2.44. The van der Waals surface area contributed by atoms with E-state index in [0.717, 1.165) is 12.0 Å². The van der Waals surface area contributed by atoms with E-state index in [1.165, 1.54) is 24.3 Å². The van der Waals surface area contributed by atoms with E-state index in [2.05, 4.69) is 4.72 Å². The molecule has 2 aromatic carbocycles. The Bertz CT molecular complexity index is 776. The van der Waals surface area contributed by atoms with E-state index < -0.39 is 10.0 Å². The average molecular weight is 346 g/mol. The molecule has 0 aliphatic rings. The maximum Gasteiger partial charge on any atom is 0.262 e. The number of nitrogens with one attached hydrogen (secondary N) is 1. The third kappa shape index (κ3) is 3.61. The minimum absolute atomic E-state index is 0.0294. The monoisotopic (exact) mass is 345 g/mol. The Morgan fingerprint density at radius 2 is 1.81 bits per heavy atom. The number of hydrogen-bond donors (Lipinski definition) is 2. The van der Waals surface area contributed by atoms with E-state index in [0.29, 0.717) is 0 Å². The van der Waals surface area contributed by atoms with E-state index in [1.54, 1.807) is 12.1 Å². The molecule has 0 spiro atoms. The lowest BCUT2D eigenvalue weighted by Gasteiger charge is -2.11. The van der Waals surface area contributed by atoms with Crippen LogP contribution < -0.4 is 4.72 Å². The molecule has 0 aliphatic carbocycles. The third-order valence-electron chi connectivity index (χ3n) is 2.91. The van der Waals surface area contributed by atoms with Gasteiger partial charge in [0.2, 0.25) is 0 Å². The summed E-state index contributed by atoms with van der Waals surface area (Å²) in [5, 5.41) is 10.2. The number of aromatic hydroxyl groups is 1. The van der Waals surface area contributed by atoms with Crippen LogP contribution in [0.2, 0.25) is 10.0 Å². The van der Waals surface area contributed by atoms with Gasteiger partial charge in [0.05, 0.1) is 20.6 Å². The normalized spacial score (nSPS) is 11.4. The summed E-state index contributed by atoms with van der Waals surface area (Å²) in [6, 6.07) is 8.77. The molecule has 21 heavy (non-hydrogen) atoms. The van der Waals surface area contributed by atoms with Crippen molar-refractivity contribution in [3.05, 3.63) is 52.0 Å². The van der Waals surface area contributed by atoms with Gasteiger partial charge >= 0.3 is 0 Å². The number of rotatable bonds is 4. The van der Waals surface area contributed by atoms with Gasteiger partial charge in [-0.05, 0) is 42.3 Å². The molecule has 0 amide bonds. The molecule has 0 saturated heterocycles. The number of benzene rings is 2. The predicted molar refractivity (Wildman–Crippen MR) is 84.8 cm³/mol. The molecule has 0 bridgehead atoms. The highest BCUT2D eigenvalue weighted by Crippen LogP contribution is 2.29. The fraction of sp³-hybridized carbons (Fsp3) is 0.143. The highest BCUT2D eigenvalue weighted by molar-refractivity contribution is 7.92. The number of phenols is 1. The Hall–Kier alpha value is -1.43. The van der Waals surface area contributed by atoms with Crippen LogP contribution in [-0.4, -0.2) is 13.5 Å². The molecule has 7 heteroatoms. The molecule has 0 saturated carbocycles. The molecule has 2 N–H and O–H groups in total. The molecule has 2 rings (SSSR count). The number of aryl methyl sites for hydroxylation is 1. The standard InChI is InChI=1S/C14H13Cl2NO3S/c1-2-9-3-6-14(18)13(7-9)17-21(19,20)10-4-5-11(15)12(16)8-10/h3-8,17-18H,2H2,1H3. The quantitative estimate of drug-likeness (QED) is 0.821. The minimum Gasteiger partial charge on any atom is -0.506 e. The van der Waals surface area contributed by atoms with Crippen molar-refractivity contribution in [3.8, 4) is 5.75 Å². The van der Waals surface area contributed by atoms with Crippen LogP contribution >= 0.6 is 23.2 Å². The highest BCUT2D eigenvalue weighted by Gasteiger charge is 2.17. The lowest BCUT2D eigenvalue weighted by atomic mass is 10.1. The van der Waals surface area contributed by atoms with Gasteiger partial charge in [-0.15, -0.1) is 0 Å². The van der Waals surface area contributed by atoms with Crippen LogP contribution in [0.5, 0.6) is 5.75 Å². The first-order chi connectivity index (χ1) is 9.83. The van der Waals surface area contributed by atoms with Gasteiger partial charge in [-0.2, -0.15) is 0 Å². The SMILES string of the molecule is CCc1ccc(O)c(NS(=O)(=O)c2ccc(Cl)c(Cl)c2)c1. The summed E-state index contributed by atoms with van der Waals surface area (Å²) in [5.74, 6) is -0.143. The summed E-state index contributed by atoms with van der Waals surface area (Å²) in [7, 11) is -3.85. The van der Waals surface area contributed by atoms with Crippen molar-refractivity contribution in [2.45, 2.75) is 18.2 Å².